The first-order chi connectivity index (χ1) is 14.6. The fraction of sp³-hybridized carbons (Fsp3) is 0.500. The molecule has 2 aliphatic rings. The van der Waals surface area contributed by atoms with E-state index in [4.69, 9.17) is 4.74 Å². The van der Waals surface area contributed by atoms with Crippen LogP contribution in [0.15, 0.2) is 47.7 Å². The molecule has 3 heterocycles. The summed E-state index contributed by atoms with van der Waals surface area (Å²) in [6.07, 6.45) is 2.86. The van der Waals surface area contributed by atoms with E-state index in [0.29, 0.717) is 19.1 Å². The quantitative estimate of drug-likeness (QED) is 0.326. The largest absolute Gasteiger partial charge is 0.373 e. The van der Waals surface area contributed by atoms with Gasteiger partial charge in [-0.25, -0.2) is 0 Å². The lowest BCUT2D eigenvalue weighted by Gasteiger charge is -2.36. The number of hydrogen-bond acceptors (Lipinski definition) is 6. The number of ether oxygens (including phenoxy) is 1. The second kappa shape index (κ2) is 9.23. The molecule has 4 rings (SSSR count). The first-order valence-corrected chi connectivity index (χ1v) is 10.2. The predicted molar refractivity (Wildman–Crippen MR) is 112 cm³/mol. The number of morpholine rings is 1. The molecule has 0 amide bonds. The fourth-order valence-corrected chi connectivity index (χ4v) is 4.13. The van der Waals surface area contributed by atoms with Crippen LogP contribution in [0.25, 0.3) is 0 Å². The monoisotopic (exact) mass is 413 g/mol. The van der Waals surface area contributed by atoms with Gasteiger partial charge in [-0.1, -0.05) is 30.3 Å². The molecule has 2 saturated heterocycles. The Morgan fingerprint density at radius 2 is 2.20 bits per heavy atom. The van der Waals surface area contributed by atoms with Crippen LogP contribution in [0.2, 0.25) is 0 Å². The first-order valence-electron chi connectivity index (χ1n) is 10.2. The normalized spacial score (nSPS) is 22.2. The van der Waals surface area contributed by atoms with Crippen molar-refractivity contribution in [2.45, 2.75) is 25.2 Å². The molecule has 0 aliphatic carbocycles. The second-order valence-electron chi connectivity index (χ2n) is 7.53. The SMILES string of the molecule is CN=C(NCCn1cc([N+](=O)[O-])cn1)N1CC2OCCN(Cc3ccccc3)C2C1. The van der Waals surface area contributed by atoms with E-state index in [9.17, 15) is 10.1 Å². The fourth-order valence-electron chi connectivity index (χ4n) is 4.13. The number of fused-ring (bicyclic) bond motifs is 1. The molecule has 2 atom stereocenters. The highest BCUT2D eigenvalue weighted by Gasteiger charge is 2.41. The van der Waals surface area contributed by atoms with E-state index in [2.05, 4.69) is 49.5 Å². The Bertz CT molecular complexity index is 886. The van der Waals surface area contributed by atoms with Crippen LogP contribution in [0.1, 0.15) is 5.56 Å². The van der Waals surface area contributed by atoms with Gasteiger partial charge < -0.3 is 15.0 Å². The van der Waals surface area contributed by atoms with Crippen molar-refractivity contribution < 1.29 is 9.66 Å². The lowest BCUT2D eigenvalue weighted by molar-refractivity contribution is -0.385. The number of likely N-dealkylation sites (tertiary alicyclic amines) is 1. The number of nitro groups is 1. The van der Waals surface area contributed by atoms with Gasteiger partial charge >= 0.3 is 5.69 Å². The van der Waals surface area contributed by atoms with Crippen molar-refractivity contribution in [3.05, 3.63) is 58.4 Å². The number of benzene rings is 1. The summed E-state index contributed by atoms with van der Waals surface area (Å²) in [5, 5.41) is 18.1. The van der Waals surface area contributed by atoms with Gasteiger partial charge in [0.15, 0.2) is 5.96 Å². The summed E-state index contributed by atoms with van der Waals surface area (Å²) in [7, 11) is 1.77. The van der Waals surface area contributed by atoms with Gasteiger partial charge in [-0.15, -0.1) is 0 Å². The van der Waals surface area contributed by atoms with E-state index >= 15 is 0 Å². The number of nitrogens with zero attached hydrogens (tertiary/aromatic N) is 6. The van der Waals surface area contributed by atoms with E-state index in [1.807, 2.05) is 6.07 Å². The van der Waals surface area contributed by atoms with E-state index in [-0.39, 0.29) is 11.8 Å². The highest BCUT2D eigenvalue weighted by Crippen LogP contribution is 2.24. The molecule has 0 bridgehead atoms. The van der Waals surface area contributed by atoms with Gasteiger partial charge in [-0.2, -0.15) is 5.10 Å². The van der Waals surface area contributed by atoms with Crippen molar-refractivity contribution >= 4 is 11.6 Å². The molecule has 2 aliphatic heterocycles. The summed E-state index contributed by atoms with van der Waals surface area (Å²) in [6.45, 7) is 5.33. The van der Waals surface area contributed by atoms with Crippen molar-refractivity contribution in [3.63, 3.8) is 0 Å². The number of rotatable bonds is 6. The zero-order valence-electron chi connectivity index (χ0n) is 17.1. The molecule has 10 heteroatoms. The summed E-state index contributed by atoms with van der Waals surface area (Å²) in [5.41, 5.74) is 1.31. The molecule has 0 saturated carbocycles. The number of guanidine groups is 1. The lowest BCUT2D eigenvalue weighted by Crippen LogP contribution is -2.50. The Morgan fingerprint density at radius 1 is 1.37 bits per heavy atom. The van der Waals surface area contributed by atoms with Gasteiger partial charge in [0.1, 0.15) is 12.4 Å². The maximum Gasteiger partial charge on any atom is 0.306 e. The van der Waals surface area contributed by atoms with Crippen LogP contribution in [-0.4, -0.2) is 82.4 Å². The molecule has 2 fully saturated rings. The van der Waals surface area contributed by atoms with Crippen LogP contribution in [0, 0.1) is 10.1 Å². The second-order valence-corrected chi connectivity index (χ2v) is 7.53. The van der Waals surface area contributed by atoms with Crippen LogP contribution in [0.4, 0.5) is 5.69 Å². The van der Waals surface area contributed by atoms with Gasteiger partial charge in [-0.3, -0.25) is 24.7 Å². The van der Waals surface area contributed by atoms with Crippen LogP contribution >= 0.6 is 0 Å². The topological polar surface area (TPSA) is 101 Å². The third-order valence-corrected chi connectivity index (χ3v) is 5.61. The standard InChI is InChI=1S/C20H27N7O3/c1-21-20(22-7-8-26-13-17(11-23-26)27(28)29)25-14-18-19(15-25)30-10-9-24(18)12-16-5-3-2-4-6-16/h2-6,11,13,18-19H,7-10,12,14-15H2,1H3,(H,21,22). The van der Waals surface area contributed by atoms with Gasteiger partial charge in [0.2, 0.25) is 0 Å². The smallest absolute Gasteiger partial charge is 0.306 e. The number of nitrogens with one attached hydrogen (secondary N) is 1. The minimum absolute atomic E-state index is 0.00124. The molecule has 10 nitrogen and oxygen atoms in total. The number of aliphatic imine (C=N–C) groups is 1. The van der Waals surface area contributed by atoms with Crippen LogP contribution < -0.4 is 5.32 Å². The Hall–Kier alpha value is -2.98. The van der Waals surface area contributed by atoms with Crippen molar-refractivity contribution in [2.75, 3.05) is 39.8 Å². The van der Waals surface area contributed by atoms with E-state index in [1.165, 1.54) is 18.0 Å². The van der Waals surface area contributed by atoms with E-state index < -0.39 is 4.92 Å². The first kappa shape index (κ1) is 20.3. The molecule has 30 heavy (non-hydrogen) atoms. The van der Waals surface area contributed by atoms with Gasteiger partial charge in [0.05, 0.1) is 30.2 Å². The molecule has 1 N–H and O–H groups in total. The minimum atomic E-state index is -0.441. The predicted octanol–water partition coefficient (Wildman–Crippen LogP) is 0.952. The summed E-state index contributed by atoms with van der Waals surface area (Å²) in [5.74, 6) is 0.814. The van der Waals surface area contributed by atoms with Crippen LogP contribution in [0.3, 0.4) is 0 Å². The molecule has 160 valence electrons. The van der Waals surface area contributed by atoms with Crippen molar-refractivity contribution in [2.24, 2.45) is 4.99 Å². The zero-order valence-corrected chi connectivity index (χ0v) is 17.1. The molecule has 1 aromatic heterocycles. The highest BCUT2D eigenvalue weighted by molar-refractivity contribution is 5.80. The molecule has 1 aromatic carbocycles. The number of aromatic nitrogens is 2. The van der Waals surface area contributed by atoms with Crippen LogP contribution in [-0.2, 0) is 17.8 Å². The van der Waals surface area contributed by atoms with Crippen molar-refractivity contribution in [1.29, 1.82) is 0 Å². The minimum Gasteiger partial charge on any atom is -0.373 e. The summed E-state index contributed by atoms with van der Waals surface area (Å²) < 4.78 is 7.61. The zero-order chi connectivity index (χ0) is 20.9. The molecule has 2 unspecified atom stereocenters. The van der Waals surface area contributed by atoms with Gasteiger partial charge in [0.25, 0.3) is 0 Å². The molecule has 0 spiro atoms. The molecular formula is C20H27N7O3. The maximum atomic E-state index is 10.8. The Morgan fingerprint density at radius 3 is 2.93 bits per heavy atom. The molecular weight excluding hydrogens is 386 g/mol. The van der Waals surface area contributed by atoms with Crippen molar-refractivity contribution in [3.8, 4) is 0 Å². The summed E-state index contributed by atoms with van der Waals surface area (Å²) in [6, 6.07) is 10.9. The molecule has 0 radical (unpaired) electrons. The Balaban J connectivity index is 1.32. The van der Waals surface area contributed by atoms with Crippen LogP contribution in [0.5, 0.6) is 0 Å². The van der Waals surface area contributed by atoms with E-state index in [0.717, 1.165) is 38.7 Å². The van der Waals surface area contributed by atoms with Crippen molar-refractivity contribution in [1.82, 2.24) is 24.9 Å². The Kier molecular flexibility index (Phi) is 6.24. The lowest BCUT2D eigenvalue weighted by atomic mass is 10.1. The average molecular weight is 413 g/mol. The average Bonchev–Trinajstić information content (AvgIpc) is 3.40. The van der Waals surface area contributed by atoms with E-state index in [1.54, 1.807) is 11.7 Å². The third-order valence-electron chi connectivity index (χ3n) is 5.61. The van der Waals surface area contributed by atoms with Gasteiger partial charge in [0, 0.05) is 39.8 Å². The highest BCUT2D eigenvalue weighted by atomic mass is 16.6. The molecule has 2 aromatic rings. The maximum absolute atomic E-state index is 10.8. The summed E-state index contributed by atoms with van der Waals surface area (Å²) in [4.78, 5) is 19.5. The Labute approximate surface area is 175 Å². The van der Waals surface area contributed by atoms with Gasteiger partial charge in [-0.05, 0) is 5.56 Å². The third kappa shape index (κ3) is 4.60. The number of hydrogen-bond donors (Lipinski definition) is 1. The summed E-state index contributed by atoms with van der Waals surface area (Å²) >= 11 is 0.